The monoisotopic (exact) mass is 430 g/mol. The van der Waals surface area contributed by atoms with Crippen LogP contribution < -0.4 is 15.5 Å². The van der Waals surface area contributed by atoms with Gasteiger partial charge in [0.05, 0.1) is 12.3 Å². The molecule has 1 atom stereocenters. The summed E-state index contributed by atoms with van der Waals surface area (Å²) in [4.78, 5) is 6.80. The molecule has 1 unspecified atom stereocenters. The highest BCUT2D eigenvalue weighted by molar-refractivity contribution is 9.10. The third kappa shape index (κ3) is 5.23. The maximum absolute atomic E-state index is 5.29. The van der Waals surface area contributed by atoms with Crippen LogP contribution in [0.2, 0.25) is 0 Å². The fourth-order valence-corrected chi connectivity index (χ4v) is 3.93. The summed E-state index contributed by atoms with van der Waals surface area (Å²) in [5.41, 5.74) is 3.67. The van der Waals surface area contributed by atoms with Crippen molar-refractivity contribution in [2.24, 2.45) is 4.99 Å². The number of halogens is 1. The van der Waals surface area contributed by atoms with Crippen LogP contribution in [0.25, 0.3) is 0 Å². The smallest absolute Gasteiger partial charge is 0.191 e. The highest BCUT2D eigenvalue weighted by Crippen LogP contribution is 2.28. The summed E-state index contributed by atoms with van der Waals surface area (Å²) in [6, 6.07) is 17.1. The van der Waals surface area contributed by atoms with E-state index in [1.807, 2.05) is 19.2 Å². The number of hydrogen-bond acceptors (Lipinski definition) is 3. The number of nitrogens with one attached hydrogen (secondary N) is 2. The van der Waals surface area contributed by atoms with E-state index in [4.69, 9.17) is 4.74 Å². The Balaban J connectivity index is 1.55. The predicted molar refractivity (Wildman–Crippen MR) is 115 cm³/mol. The summed E-state index contributed by atoms with van der Waals surface area (Å²) in [5, 5.41) is 6.99. The van der Waals surface area contributed by atoms with Crippen LogP contribution in [0.15, 0.2) is 58.0 Å². The van der Waals surface area contributed by atoms with Gasteiger partial charge in [-0.1, -0.05) is 36.4 Å². The highest BCUT2D eigenvalue weighted by atomic mass is 79.9. The van der Waals surface area contributed by atoms with Gasteiger partial charge < -0.3 is 20.3 Å². The van der Waals surface area contributed by atoms with Crippen molar-refractivity contribution in [3.8, 4) is 0 Å². The van der Waals surface area contributed by atoms with E-state index >= 15 is 0 Å². The van der Waals surface area contributed by atoms with Crippen molar-refractivity contribution < 1.29 is 4.74 Å². The molecule has 0 saturated carbocycles. The minimum Gasteiger partial charge on any atom is -0.380 e. The van der Waals surface area contributed by atoms with Gasteiger partial charge in [0, 0.05) is 44.3 Å². The lowest BCUT2D eigenvalue weighted by Crippen LogP contribution is -2.44. The van der Waals surface area contributed by atoms with Crippen LogP contribution in [0.4, 0.5) is 5.69 Å². The molecular formula is C21H27BrN4O. The van der Waals surface area contributed by atoms with Crippen molar-refractivity contribution in [1.29, 1.82) is 0 Å². The van der Waals surface area contributed by atoms with E-state index in [0.29, 0.717) is 12.6 Å². The van der Waals surface area contributed by atoms with Gasteiger partial charge in [-0.25, -0.2) is 0 Å². The van der Waals surface area contributed by atoms with Crippen LogP contribution in [-0.2, 0) is 17.9 Å². The number of rotatable bonds is 6. The Morgan fingerprint density at radius 3 is 2.67 bits per heavy atom. The second-order valence-corrected chi connectivity index (χ2v) is 7.51. The Hall–Kier alpha value is -2.05. The lowest BCUT2D eigenvalue weighted by molar-refractivity contribution is 0.184. The Bertz CT molecular complexity index is 780. The number of methoxy groups -OCH3 is 1. The standard InChI is InChI=1S/C21H27BrN4O/c1-23-21(24-13-16-7-3-4-8-17(16)15-27-2)25-18-11-12-26(14-18)20-10-6-5-9-19(20)22/h3-10,18H,11-15H2,1-2H3,(H2,23,24,25). The molecule has 2 N–H and O–H groups in total. The van der Waals surface area contributed by atoms with Crippen molar-refractivity contribution in [3.05, 3.63) is 64.1 Å². The van der Waals surface area contributed by atoms with Crippen LogP contribution in [0.5, 0.6) is 0 Å². The van der Waals surface area contributed by atoms with Crippen molar-refractivity contribution in [2.75, 3.05) is 32.1 Å². The minimum absolute atomic E-state index is 0.373. The summed E-state index contributed by atoms with van der Waals surface area (Å²) in [6.45, 7) is 3.34. The van der Waals surface area contributed by atoms with Crippen LogP contribution in [0.3, 0.4) is 0 Å². The molecule has 6 heteroatoms. The van der Waals surface area contributed by atoms with Crippen molar-refractivity contribution in [3.63, 3.8) is 0 Å². The molecule has 0 aromatic heterocycles. The van der Waals surface area contributed by atoms with Gasteiger partial charge in [0.1, 0.15) is 0 Å². The molecule has 2 aromatic rings. The lowest BCUT2D eigenvalue weighted by atomic mass is 10.1. The highest BCUT2D eigenvalue weighted by Gasteiger charge is 2.24. The largest absolute Gasteiger partial charge is 0.380 e. The summed E-state index contributed by atoms with van der Waals surface area (Å²) in [7, 11) is 3.54. The molecule has 5 nitrogen and oxygen atoms in total. The van der Waals surface area contributed by atoms with Gasteiger partial charge >= 0.3 is 0 Å². The number of para-hydroxylation sites is 1. The third-order valence-corrected chi connectivity index (χ3v) is 5.48. The average molecular weight is 431 g/mol. The van der Waals surface area contributed by atoms with Crippen LogP contribution in [-0.4, -0.2) is 39.2 Å². The van der Waals surface area contributed by atoms with Gasteiger partial charge in [0.25, 0.3) is 0 Å². The Morgan fingerprint density at radius 2 is 1.93 bits per heavy atom. The van der Waals surface area contributed by atoms with Crippen LogP contribution in [0.1, 0.15) is 17.5 Å². The van der Waals surface area contributed by atoms with Crippen molar-refractivity contribution in [1.82, 2.24) is 10.6 Å². The van der Waals surface area contributed by atoms with Gasteiger partial charge in [-0.3, -0.25) is 4.99 Å². The molecule has 27 heavy (non-hydrogen) atoms. The molecule has 0 aliphatic carbocycles. The normalized spacial score (nSPS) is 17.2. The first-order valence-electron chi connectivity index (χ1n) is 9.23. The number of benzene rings is 2. The Kier molecular flexibility index (Phi) is 7.12. The molecule has 144 valence electrons. The maximum atomic E-state index is 5.29. The van der Waals surface area contributed by atoms with E-state index in [0.717, 1.165) is 36.5 Å². The van der Waals surface area contributed by atoms with Gasteiger partial charge in [-0.15, -0.1) is 0 Å². The summed E-state index contributed by atoms with van der Waals surface area (Å²) >= 11 is 3.65. The zero-order valence-corrected chi connectivity index (χ0v) is 17.5. The number of guanidine groups is 1. The molecular weight excluding hydrogens is 404 g/mol. The first kappa shape index (κ1) is 19.7. The molecule has 1 aliphatic rings. The number of aliphatic imine (C=N–C) groups is 1. The van der Waals surface area contributed by atoms with Crippen molar-refractivity contribution >= 4 is 27.6 Å². The van der Waals surface area contributed by atoms with E-state index in [-0.39, 0.29) is 0 Å². The SMILES string of the molecule is CN=C(NCc1ccccc1COC)NC1CCN(c2ccccc2Br)C1. The lowest BCUT2D eigenvalue weighted by Gasteiger charge is -2.21. The summed E-state index contributed by atoms with van der Waals surface area (Å²) in [5.74, 6) is 0.834. The molecule has 3 rings (SSSR count). The number of ether oxygens (including phenoxy) is 1. The Morgan fingerprint density at radius 1 is 1.19 bits per heavy atom. The molecule has 0 bridgehead atoms. The van der Waals surface area contributed by atoms with E-state index in [1.54, 1.807) is 7.11 Å². The van der Waals surface area contributed by atoms with Crippen LogP contribution >= 0.6 is 15.9 Å². The average Bonchev–Trinajstić information content (AvgIpc) is 3.15. The predicted octanol–water partition coefficient (Wildman–Crippen LogP) is 3.54. The maximum Gasteiger partial charge on any atom is 0.191 e. The third-order valence-electron chi connectivity index (χ3n) is 4.81. The molecule has 0 spiro atoms. The Labute approximate surface area is 170 Å². The zero-order valence-electron chi connectivity index (χ0n) is 15.9. The summed E-state index contributed by atoms with van der Waals surface area (Å²) < 4.78 is 6.43. The second-order valence-electron chi connectivity index (χ2n) is 6.65. The van der Waals surface area contributed by atoms with Gasteiger partial charge in [-0.05, 0) is 45.6 Å². The number of hydrogen-bond donors (Lipinski definition) is 2. The second kappa shape index (κ2) is 9.76. The number of anilines is 1. The zero-order chi connectivity index (χ0) is 19.1. The fourth-order valence-electron chi connectivity index (χ4n) is 3.40. The molecule has 2 aromatic carbocycles. The van der Waals surface area contributed by atoms with Gasteiger partial charge in [0.15, 0.2) is 5.96 Å². The van der Waals surface area contributed by atoms with E-state index in [9.17, 15) is 0 Å². The van der Waals surface area contributed by atoms with Crippen LogP contribution in [0, 0.1) is 0 Å². The first-order chi connectivity index (χ1) is 13.2. The van der Waals surface area contributed by atoms with E-state index < -0.39 is 0 Å². The van der Waals surface area contributed by atoms with Gasteiger partial charge in [0.2, 0.25) is 0 Å². The molecule has 1 fully saturated rings. The molecule has 0 radical (unpaired) electrons. The fraction of sp³-hybridized carbons (Fsp3) is 0.381. The molecule has 1 heterocycles. The molecule has 1 aliphatic heterocycles. The minimum atomic E-state index is 0.373. The van der Waals surface area contributed by atoms with Crippen molar-refractivity contribution in [2.45, 2.75) is 25.6 Å². The topological polar surface area (TPSA) is 48.9 Å². The van der Waals surface area contributed by atoms with Gasteiger partial charge in [-0.2, -0.15) is 0 Å². The van der Waals surface area contributed by atoms with E-state index in [1.165, 1.54) is 16.8 Å². The molecule has 1 saturated heterocycles. The first-order valence-corrected chi connectivity index (χ1v) is 10.0. The van der Waals surface area contributed by atoms with E-state index in [2.05, 4.69) is 72.9 Å². The number of nitrogens with zero attached hydrogens (tertiary/aromatic N) is 2. The summed E-state index contributed by atoms with van der Waals surface area (Å²) in [6.07, 6.45) is 1.09. The quantitative estimate of drug-likeness (QED) is 0.543. The molecule has 0 amide bonds.